The molecule has 5 heteroatoms. The van der Waals surface area contributed by atoms with E-state index in [-0.39, 0.29) is 18.4 Å². The highest BCUT2D eigenvalue weighted by Gasteiger charge is 2.19. The fraction of sp³-hybridized carbons (Fsp3) is 0.758. The molecule has 1 aromatic carbocycles. The molecule has 38 heavy (non-hydrogen) atoms. The Bertz CT molecular complexity index is 680. The van der Waals surface area contributed by atoms with Gasteiger partial charge in [0.1, 0.15) is 12.6 Å². The molecule has 218 valence electrons. The predicted octanol–water partition coefficient (Wildman–Crippen LogP) is 8.26. The van der Waals surface area contributed by atoms with E-state index in [4.69, 9.17) is 4.74 Å². The summed E-state index contributed by atoms with van der Waals surface area (Å²) in [7, 11) is 0. The third-order valence-corrected chi connectivity index (χ3v) is 7.17. The zero-order valence-corrected chi connectivity index (χ0v) is 24.7. The highest BCUT2D eigenvalue weighted by atomic mass is 16.5. The van der Waals surface area contributed by atoms with E-state index in [1.165, 1.54) is 89.9 Å². The Morgan fingerprint density at radius 1 is 0.684 bits per heavy atom. The quantitative estimate of drug-likeness (QED) is 0.118. The zero-order valence-electron chi connectivity index (χ0n) is 24.7. The molecule has 0 fully saturated rings. The molecule has 1 atom stereocenters. The molecule has 0 spiro atoms. The molecular weight excluding hydrogens is 472 g/mol. The van der Waals surface area contributed by atoms with Crippen LogP contribution < -0.4 is 10.6 Å². The predicted molar refractivity (Wildman–Crippen MR) is 160 cm³/mol. The van der Waals surface area contributed by atoms with Crippen LogP contribution in [0.1, 0.15) is 141 Å². The maximum absolute atomic E-state index is 12.7. The van der Waals surface area contributed by atoms with Gasteiger partial charge in [-0.05, 0) is 18.4 Å². The van der Waals surface area contributed by atoms with E-state index >= 15 is 0 Å². The summed E-state index contributed by atoms with van der Waals surface area (Å²) in [6, 6.07) is 9.30. The molecule has 0 aromatic heterocycles. The molecule has 0 bridgehead atoms. The first-order valence-corrected chi connectivity index (χ1v) is 15.9. The second-order valence-corrected chi connectivity index (χ2v) is 10.8. The summed E-state index contributed by atoms with van der Waals surface area (Å²) >= 11 is 0. The molecule has 0 saturated carbocycles. The SMILES string of the molecule is CCCCCCCCCCCCCCCCCCNC(=O)[C@@H](CCCC)NC(=O)COCc1ccccc1. The van der Waals surface area contributed by atoms with Gasteiger partial charge < -0.3 is 15.4 Å². The van der Waals surface area contributed by atoms with Gasteiger partial charge in [0.2, 0.25) is 11.8 Å². The minimum absolute atomic E-state index is 0.0378. The second-order valence-electron chi connectivity index (χ2n) is 10.8. The van der Waals surface area contributed by atoms with Crippen LogP contribution in [0.15, 0.2) is 30.3 Å². The van der Waals surface area contributed by atoms with Crippen LogP contribution in [0.5, 0.6) is 0 Å². The number of unbranched alkanes of at least 4 members (excludes halogenated alkanes) is 16. The van der Waals surface area contributed by atoms with Gasteiger partial charge in [-0.25, -0.2) is 0 Å². The number of rotatable bonds is 26. The van der Waals surface area contributed by atoms with Crippen molar-refractivity contribution in [3.63, 3.8) is 0 Å². The van der Waals surface area contributed by atoms with Crippen molar-refractivity contribution >= 4 is 11.8 Å². The summed E-state index contributed by atoms with van der Waals surface area (Å²) < 4.78 is 5.52. The van der Waals surface area contributed by atoms with Gasteiger partial charge in [-0.3, -0.25) is 9.59 Å². The van der Waals surface area contributed by atoms with Crippen LogP contribution in [0.25, 0.3) is 0 Å². The van der Waals surface area contributed by atoms with E-state index in [0.29, 0.717) is 19.6 Å². The lowest BCUT2D eigenvalue weighted by molar-refractivity contribution is -0.132. The van der Waals surface area contributed by atoms with Crippen molar-refractivity contribution < 1.29 is 14.3 Å². The fourth-order valence-electron chi connectivity index (χ4n) is 4.76. The van der Waals surface area contributed by atoms with Crippen LogP contribution in [0, 0.1) is 0 Å². The smallest absolute Gasteiger partial charge is 0.246 e. The Morgan fingerprint density at radius 3 is 1.71 bits per heavy atom. The lowest BCUT2D eigenvalue weighted by atomic mass is 10.0. The van der Waals surface area contributed by atoms with E-state index in [0.717, 1.165) is 31.2 Å². The summed E-state index contributed by atoms with van der Waals surface area (Å²) in [6.45, 7) is 5.40. The third kappa shape index (κ3) is 20.1. The third-order valence-electron chi connectivity index (χ3n) is 7.17. The van der Waals surface area contributed by atoms with Gasteiger partial charge in [0.05, 0.1) is 6.61 Å². The Morgan fingerprint density at radius 2 is 1.18 bits per heavy atom. The van der Waals surface area contributed by atoms with Crippen molar-refractivity contribution in [1.29, 1.82) is 0 Å². The number of ether oxygens (including phenoxy) is 1. The first kappa shape index (κ1) is 34.1. The number of nitrogens with one attached hydrogen (secondary N) is 2. The number of hydrogen-bond donors (Lipinski definition) is 2. The van der Waals surface area contributed by atoms with Gasteiger partial charge in [-0.15, -0.1) is 0 Å². The molecule has 2 N–H and O–H groups in total. The largest absolute Gasteiger partial charge is 0.367 e. The van der Waals surface area contributed by atoms with Crippen molar-refractivity contribution in [1.82, 2.24) is 10.6 Å². The fourth-order valence-corrected chi connectivity index (χ4v) is 4.76. The molecule has 5 nitrogen and oxygen atoms in total. The minimum atomic E-state index is -0.483. The molecule has 0 aliphatic rings. The van der Waals surface area contributed by atoms with Crippen LogP contribution in [0.3, 0.4) is 0 Å². The van der Waals surface area contributed by atoms with Gasteiger partial charge in [0, 0.05) is 6.54 Å². The van der Waals surface area contributed by atoms with Gasteiger partial charge in [-0.2, -0.15) is 0 Å². The summed E-state index contributed by atoms with van der Waals surface area (Å²) in [5.41, 5.74) is 1.03. The first-order valence-electron chi connectivity index (χ1n) is 15.9. The molecule has 1 rings (SSSR count). The molecule has 0 unspecified atom stereocenters. The number of hydrogen-bond acceptors (Lipinski definition) is 3. The number of benzene rings is 1. The van der Waals surface area contributed by atoms with Crippen LogP contribution >= 0.6 is 0 Å². The number of amides is 2. The van der Waals surface area contributed by atoms with E-state index < -0.39 is 6.04 Å². The van der Waals surface area contributed by atoms with Gasteiger partial charge in [0.25, 0.3) is 0 Å². The normalized spacial score (nSPS) is 11.8. The molecule has 0 aliphatic heterocycles. The van der Waals surface area contributed by atoms with Crippen molar-refractivity contribution in [3.05, 3.63) is 35.9 Å². The lowest BCUT2D eigenvalue weighted by Gasteiger charge is -2.18. The van der Waals surface area contributed by atoms with E-state index in [1.807, 2.05) is 30.3 Å². The summed E-state index contributed by atoms with van der Waals surface area (Å²) in [4.78, 5) is 25.0. The van der Waals surface area contributed by atoms with Gasteiger partial charge >= 0.3 is 0 Å². The standard InChI is InChI=1S/C33H58N2O3/c1-3-5-7-8-9-10-11-12-13-14-15-16-17-18-19-23-27-34-33(37)31(26-6-4-2)35-32(36)29-38-28-30-24-21-20-22-25-30/h20-22,24-25,31H,3-19,23,26-29H2,1-2H3,(H,34,37)(H,35,36)/t31-/m1/s1. The highest BCUT2D eigenvalue weighted by Crippen LogP contribution is 2.13. The van der Waals surface area contributed by atoms with Crippen molar-refractivity contribution in [2.75, 3.05) is 13.2 Å². The minimum Gasteiger partial charge on any atom is -0.367 e. The van der Waals surface area contributed by atoms with Crippen LogP contribution in [0.2, 0.25) is 0 Å². The maximum atomic E-state index is 12.7. The van der Waals surface area contributed by atoms with Crippen LogP contribution in [-0.4, -0.2) is 31.0 Å². The first-order chi connectivity index (χ1) is 18.7. The van der Waals surface area contributed by atoms with Gasteiger partial charge in [-0.1, -0.05) is 153 Å². The second kappa shape index (κ2) is 25.4. The molecular formula is C33H58N2O3. The Labute approximate surface area is 234 Å². The highest BCUT2D eigenvalue weighted by molar-refractivity contribution is 5.87. The van der Waals surface area contributed by atoms with Crippen molar-refractivity contribution in [2.45, 2.75) is 148 Å². The molecule has 2 amide bonds. The van der Waals surface area contributed by atoms with Crippen LogP contribution in [0.4, 0.5) is 0 Å². The Kier molecular flexibility index (Phi) is 22.8. The average molecular weight is 531 g/mol. The molecule has 0 radical (unpaired) electrons. The van der Waals surface area contributed by atoms with Crippen molar-refractivity contribution in [2.24, 2.45) is 0 Å². The molecule has 0 aliphatic carbocycles. The van der Waals surface area contributed by atoms with E-state index in [2.05, 4.69) is 24.5 Å². The van der Waals surface area contributed by atoms with E-state index in [1.54, 1.807) is 0 Å². The zero-order chi connectivity index (χ0) is 27.5. The van der Waals surface area contributed by atoms with E-state index in [9.17, 15) is 9.59 Å². The summed E-state index contributed by atoms with van der Waals surface area (Å²) in [6.07, 6.45) is 24.0. The molecule has 0 heterocycles. The van der Waals surface area contributed by atoms with Crippen molar-refractivity contribution in [3.8, 4) is 0 Å². The Balaban J connectivity index is 2.02. The lowest BCUT2D eigenvalue weighted by Crippen LogP contribution is -2.48. The summed E-state index contributed by atoms with van der Waals surface area (Å²) in [5.74, 6) is -0.310. The van der Waals surface area contributed by atoms with Gasteiger partial charge in [0.15, 0.2) is 0 Å². The Hall–Kier alpha value is -1.88. The summed E-state index contributed by atoms with van der Waals surface area (Å²) in [5, 5.41) is 5.90. The maximum Gasteiger partial charge on any atom is 0.246 e. The average Bonchev–Trinajstić information content (AvgIpc) is 2.93. The molecule has 1 aromatic rings. The number of carbonyl (C=O) groups excluding carboxylic acids is 2. The monoisotopic (exact) mass is 530 g/mol. The molecule has 0 saturated heterocycles. The topological polar surface area (TPSA) is 67.4 Å². The number of carbonyl (C=O) groups is 2. The van der Waals surface area contributed by atoms with Crippen LogP contribution in [-0.2, 0) is 20.9 Å².